The summed E-state index contributed by atoms with van der Waals surface area (Å²) in [6, 6.07) is 0.933. The number of hydrogen-bond donors (Lipinski definition) is 0. The average molecular weight is 153 g/mol. The lowest BCUT2D eigenvalue weighted by molar-refractivity contribution is 0.257. The standard InChI is InChI=1S/C10H19N/c1-11(2)9-8-10(9)6-4-3-5-7-10/h9H,3-8H2,1-2H3. The molecular formula is C10H19N. The summed E-state index contributed by atoms with van der Waals surface area (Å²) < 4.78 is 0. The van der Waals surface area contributed by atoms with Crippen molar-refractivity contribution in [3.8, 4) is 0 Å². The molecule has 0 aromatic rings. The first-order valence-electron chi connectivity index (χ1n) is 4.91. The summed E-state index contributed by atoms with van der Waals surface area (Å²) in [5.74, 6) is 0. The van der Waals surface area contributed by atoms with E-state index in [1.807, 2.05) is 0 Å². The molecule has 2 saturated carbocycles. The van der Waals surface area contributed by atoms with Crippen LogP contribution in [0.5, 0.6) is 0 Å². The Hall–Kier alpha value is -0.0400. The third-order valence-corrected chi connectivity index (χ3v) is 3.62. The van der Waals surface area contributed by atoms with Crippen LogP contribution in [0.3, 0.4) is 0 Å². The molecule has 0 heterocycles. The fourth-order valence-corrected chi connectivity index (χ4v) is 2.85. The molecule has 1 unspecified atom stereocenters. The second-order valence-corrected chi connectivity index (χ2v) is 4.61. The second kappa shape index (κ2) is 2.48. The van der Waals surface area contributed by atoms with Crippen molar-refractivity contribution in [3.63, 3.8) is 0 Å². The van der Waals surface area contributed by atoms with Gasteiger partial charge in [0.25, 0.3) is 0 Å². The predicted octanol–water partition coefficient (Wildman–Crippen LogP) is 2.27. The zero-order valence-corrected chi connectivity index (χ0v) is 7.77. The molecule has 0 aromatic carbocycles. The molecule has 1 spiro atoms. The van der Waals surface area contributed by atoms with E-state index in [2.05, 4.69) is 19.0 Å². The molecule has 64 valence electrons. The van der Waals surface area contributed by atoms with Gasteiger partial charge in [0, 0.05) is 6.04 Å². The molecular weight excluding hydrogens is 134 g/mol. The third kappa shape index (κ3) is 1.20. The molecule has 2 fully saturated rings. The van der Waals surface area contributed by atoms with Gasteiger partial charge < -0.3 is 4.90 Å². The van der Waals surface area contributed by atoms with E-state index in [9.17, 15) is 0 Å². The van der Waals surface area contributed by atoms with Crippen molar-refractivity contribution in [3.05, 3.63) is 0 Å². The van der Waals surface area contributed by atoms with Crippen LogP contribution in [-0.2, 0) is 0 Å². The molecule has 0 N–H and O–H groups in total. The van der Waals surface area contributed by atoms with Crippen molar-refractivity contribution < 1.29 is 0 Å². The van der Waals surface area contributed by atoms with Gasteiger partial charge in [-0.3, -0.25) is 0 Å². The maximum absolute atomic E-state index is 2.42. The maximum Gasteiger partial charge on any atom is 0.0152 e. The van der Waals surface area contributed by atoms with Crippen molar-refractivity contribution in [2.24, 2.45) is 5.41 Å². The van der Waals surface area contributed by atoms with Gasteiger partial charge in [0.05, 0.1) is 0 Å². The molecule has 0 amide bonds. The molecule has 2 aliphatic carbocycles. The van der Waals surface area contributed by atoms with E-state index in [1.165, 1.54) is 38.5 Å². The number of nitrogens with zero attached hydrogens (tertiary/aromatic N) is 1. The van der Waals surface area contributed by atoms with Crippen molar-refractivity contribution in [2.45, 2.75) is 44.6 Å². The molecule has 0 bridgehead atoms. The van der Waals surface area contributed by atoms with Gasteiger partial charge in [-0.1, -0.05) is 19.3 Å². The van der Waals surface area contributed by atoms with Crippen LogP contribution in [0.2, 0.25) is 0 Å². The Morgan fingerprint density at radius 1 is 1.09 bits per heavy atom. The van der Waals surface area contributed by atoms with Gasteiger partial charge in [-0.05, 0) is 38.8 Å². The average Bonchev–Trinajstić information content (AvgIpc) is 2.66. The molecule has 0 aliphatic heterocycles. The summed E-state index contributed by atoms with van der Waals surface area (Å²) in [5, 5.41) is 0. The largest absolute Gasteiger partial charge is 0.306 e. The van der Waals surface area contributed by atoms with Crippen LogP contribution >= 0.6 is 0 Å². The van der Waals surface area contributed by atoms with Gasteiger partial charge in [0.1, 0.15) is 0 Å². The minimum Gasteiger partial charge on any atom is -0.306 e. The number of hydrogen-bond acceptors (Lipinski definition) is 1. The SMILES string of the molecule is CN(C)C1CC12CCCCC2. The Morgan fingerprint density at radius 3 is 2.18 bits per heavy atom. The van der Waals surface area contributed by atoms with Gasteiger partial charge in [-0.15, -0.1) is 0 Å². The Kier molecular flexibility index (Phi) is 1.71. The fraction of sp³-hybridized carbons (Fsp3) is 1.00. The molecule has 1 nitrogen and oxygen atoms in total. The maximum atomic E-state index is 2.42. The van der Waals surface area contributed by atoms with Gasteiger partial charge in [-0.25, -0.2) is 0 Å². The molecule has 2 rings (SSSR count). The fourth-order valence-electron chi connectivity index (χ4n) is 2.85. The minimum atomic E-state index is 0.793. The lowest BCUT2D eigenvalue weighted by atomic mass is 9.85. The summed E-state index contributed by atoms with van der Waals surface area (Å²) in [6.45, 7) is 0. The monoisotopic (exact) mass is 153 g/mol. The van der Waals surface area contributed by atoms with E-state index in [1.54, 1.807) is 0 Å². The van der Waals surface area contributed by atoms with Crippen LogP contribution in [-0.4, -0.2) is 25.0 Å². The van der Waals surface area contributed by atoms with Crippen LogP contribution in [0.25, 0.3) is 0 Å². The van der Waals surface area contributed by atoms with E-state index < -0.39 is 0 Å². The highest BCUT2D eigenvalue weighted by Gasteiger charge is 2.54. The van der Waals surface area contributed by atoms with Crippen molar-refractivity contribution >= 4 is 0 Å². The molecule has 11 heavy (non-hydrogen) atoms. The first kappa shape index (κ1) is 7.60. The highest BCUT2D eigenvalue weighted by atomic mass is 15.2. The minimum absolute atomic E-state index is 0.793. The lowest BCUT2D eigenvalue weighted by Gasteiger charge is -2.24. The van der Waals surface area contributed by atoms with Gasteiger partial charge in [0.15, 0.2) is 0 Å². The Morgan fingerprint density at radius 2 is 1.73 bits per heavy atom. The van der Waals surface area contributed by atoms with Crippen LogP contribution in [0.4, 0.5) is 0 Å². The van der Waals surface area contributed by atoms with E-state index in [-0.39, 0.29) is 0 Å². The normalized spacial score (nSPS) is 34.6. The molecule has 0 aromatic heterocycles. The van der Waals surface area contributed by atoms with E-state index in [4.69, 9.17) is 0 Å². The van der Waals surface area contributed by atoms with Gasteiger partial charge in [0.2, 0.25) is 0 Å². The topological polar surface area (TPSA) is 3.24 Å². The van der Waals surface area contributed by atoms with Crippen LogP contribution in [0.15, 0.2) is 0 Å². The predicted molar refractivity (Wildman–Crippen MR) is 47.6 cm³/mol. The van der Waals surface area contributed by atoms with Crippen molar-refractivity contribution in [2.75, 3.05) is 14.1 Å². The summed E-state index contributed by atoms with van der Waals surface area (Å²) >= 11 is 0. The lowest BCUT2D eigenvalue weighted by Crippen LogP contribution is -2.23. The zero-order chi connectivity index (χ0) is 7.90. The summed E-state index contributed by atoms with van der Waals surface area (Å²) in [6.07, 6.45) is 8.97. The first-order chi connectivity index (χ1) is 5.25. The number of rotatable bonds is 1. The van der Waals surface area contributed by atoms with Gasteiger partial charge in [-0.2, -0.15) is 0 Å². The highest BCUT2D eigenvalue weighted by molar-refractivity contribution is 5.08. The molecule has 0 saturated heterocycles. The summed E-state index contributed by atoms with van der Waals surface area (Å²) in [7, 11) is 4.46. The van der Waals surface area contributed by atoms with Crippen LogP contribution < -0.4 is 0 Å². The van der Waals surface area contributed by atoms with Crippen molar-refractivity contribution in [1.82, 2.24) is 4.90 Å². The molecule has 1 atom stereocenters. The Labute approximate surface area is 69.8 Å². The summed E-state index contributed by atoms with van der Waals surface area (Å²) in [5.41, 5.74) is 0.793. The van der Waals surface area contributed by atoms with Crippen LogP contribution in [0, 0.1) is 5.41 Å². The van der Waals surface area contributed by atoms with Gasteiger partial charge >= 0.3 is 0 Å². The summed E-state index contributed by atoms with van der Waals surface area (Å²) in [4.78, 5) is 2.42. The Bertz CT molecular complexity index is 145. The van der Waals surface area contributed by atoms with E-state index in [0.29, 0.717) is 0 Å². The molecule has 2 aliphatic rings. The first-order valence-corrected chi connectivity index (χ1v) is 4.91. The van der Waals surface area contributed by atoms with E-state index in [0.717, 1.165) is 11.5 Å². The second-order valence-electron chi connectivity index (χ2n) is 4.61. The third-order valence-electron chi connectivity index (χ3n) is 3.62. The van der Waals surface area contributed by atoms with Crippen LogP contribution in [0.1, 0.15) is 38.5 Å². The van der Waals surface area contributed by atoms with E-state index >= 15 is 0 Å². The molecule has 1 heteroatoms. The van der Waals surface area contributed by atoms with Crippen molar-refractivity contribution in [1.29, 1.82) is 0 Å². The quantitative estimate of drug-likeness (QED) is 0.558. The highest BCUT2D eigenvalue weighted by Crippen LogP contribution is 2.58. The zero-order valence-electron chi connectivity index (χ0n) is 7.77. The Balaban J connectivity index is 1.93. The molecule has 0 radical (unpaired) electrons. The smallest absolute Gasteiger partial charge is 0.0152 e.